The molecule has 0 bridgehead atoms. The highest BCUT2D eigenvalue weighted by molar-refractivity contribution is 6.30. The van der Waals surface area contributed by atoms with Crippen molar-refractivity contribution in [2.45, 2.75) is 6.92 Å². The highest BCUT2D eigenvalue weighted by Gasteiger charge is 2.11. The zero-order valence-electron chi connectivity index (χ0n) is 14.0. The summed E-state index contributed by atoms with van der Waals surface area (Å²) in [6.45, 7) is 1.48. The Kier molecular flexibility index (Phi) is 7.23. The van der Waals surface area contributed by atoms with E-state index < -0.39 is 24.3 Å². The maximum absolute atomic E-state index is 13.5. The molecule has 0 aromatic heterocycles. The van der Waals surface area contributed by atoms with Crippen LogP contribution in [0.2, 0.25) is 5.02 Å². The van der Waals surface area contributed by atoms with Crippen LogP contribution in [0.25, 0.3) is 0 Å². The molecule has 0 saturated carbocycles. The third kappa shape index (κ3) is 6.25. The number of anilines is 1. The molecule has 0 unspecified atom stereocenters. The Bertz CT molecular complexity index is 767. The molecule has 0 saturated heterocycles. The van der Waals surface area contributed by atoms with Crippen molar-refractivity contribution in [2.24, 2.45) is 0 Å². The topological polar surface area (TPSA) is 73.9 Å². The molecule has 6 nitrogen and oxygen atoms in total. The Morgan fingerprint density at radius 2 is 1.69 bits per heavy atom. The molecule has 0 aliphatic rings. The van der Waals surface area contributed by atoms with Gasteiger partial charge in [0.2, 0.25) is 0 Å². The third-order valence-electron chi connectivity index (χ3n) is 3.06. The number of carbonyl (C=O) groups is 2. The van der Waals surface area contributed by atoms with E-state index in [1.165, 1.54) is 12.1 Å². The molecule has 0 radical (unpaired) electrons. The van der Waals surface area contributed by atoms with Gasteiger partial charge in [0.25, 0.3) is 5.91 Å². The van der Waals surface area contributed by atoms with Crippen LogP contribution in [0.4, 0.5) is 10.1 Å². The summed E-state index contributed by atoms with van der Waals surface area (Å²) in [7, 11) is 0. The van der Waals surface area contributed by atoms with Crippen molar-refractivity contribution in [3.05, 3.63) is 53.3 Å². The highest BCUT2D eigenvalue weighted by Crippen LogP contribution is 2.19. The van der Waals surface area contributed by atoms with Crippen LogP contribution in [-0.4, -0.2) is 31.7 Å². The van der Waals surface area contributed by atoms with Crippen LogP contribution in [0.15, 0.2) is 42.5 Å². The molecule has 138 valence electrons. The van der Waals surface area contributed by atoms with Crippen LogP contribution in [0.3, 0.4) is 0 Å². The minimum atomic E-state index is -0.736. The number of halogens is 2. The van der Waals surface area contributed by atoms with Crippen LogP contribution in [0, 0.1) is 5.82 Å². The first-order chi connectivity index (χ1) is 12.5. The number of rotatable bonds is 8. The van der Waals surface area contributed by atoms with Crippen molar-refractivity contribution in [3.63, 3.8) is 0 Å². The van der Waals surface area contributed by atoms with E-state index in [2.05, 4.69) is 5.32 Å². The van der Waals surface area contributed by atoms with Crippen LogP contribution in [0.5, 0.6) is 11.5 Å². The van der Waals surface area contributed by atoms with Gasteiger partial charge >= 0.3 is 5.97 Å². The maximum atomic E-state index is 13.5. The van der Waals surface area contributed by atoms with Crippen molar-refractivity contribution in [2.75, 3.05) is 25.1 Å². The van der Waals surface area contributed by atoms with Crippen LogP contribution < -0.4 is 14.8 Å². The largest absolute Gasteiger partial charge is 0.494 e. The van der Waals surface area contributed by atoms with E-state index in [1.807, 2.05) is 6.92 Å². The molecule has 0 fully saturated rings. The predicted molar refractivity (Wildman–Crippen MR) is 94.1 cm³/mol. The molecule has 26 heavy (non-hydrogen) atoms. The molecule has 0 atom stereocenters. The molecule has 0 aliphatic carbocycles. The summed E-state index contributed by atoms with van der Waals surface area (Å²) in [4.78, 5) is 23.3. The van der Waals surface area contributed by atoms with Crippen LogP contribution in [-0.2, 0) is 14.3 Å². The average molecular weight is 382 g/mol. The number of esters is 1. The highest BCUT2D eigenvalue weighted by atomic mass is 35.5. The molecule has 0 spiro atoms. The van der Waals surface area contributed by atoms with Crippen LogP contribution in [0.1, 0.15) is 6.92 Å². The molecule has 0 heterocycles. The van der Waals surface area contributed by atoms with E-state index in [0.29, 0.717) is 18.1 Å². The summed E-state index contributed by atoms with van der Waals surface area (Å²) in [5.74, 6) is -0.933. The van der Waals surface area contributed by atoms with Gasteiger partial charge in [0.1, 0.15) is 17.3 Å². The Morgan fingerprint density at radius 1 is 1.04 bits per heavy atom. The standard InChI is InChI=1S/C18H17ClFNO5/c1-2-24-13-4-6-14(7-5-13)25-11-18(23)26-10-17(22)21-16-9-12(19)3-8-15(16)20/h3-9H,2,10-11H2,1H3,(H,21,22). The van der Waals surface area contributed by atoms with E-state index in [0.717, 1.165) is 6.07 Å². The number of hydrogen-bond acceptors (Lipinski definition) is 5. The monoisotopic (exact) mass is 381 g/mol. The van der Waals surface area contributed by atoms with Crippen molar-refractivity contribution in [3.8, 4) is 11.5 Å². The fraction of sp³-hybridized carbons (Fsp3) is 0.222. The fourth-order valence-electron chi connectivity index (χ4n) is 1.91. The molecule has 8 heteroatoms. The Morgan fingerprint density at radius 3 is 2.35 bits per heavy atom. The quantitative estimate of drug-likeness (QED) is 0.709. The van der Waals surface area contributed by atoms with Crippen LogP contribution >= 0.6 is 11.6 Å². The summed E-state index contributed by atoms with van der Waals surface area (Å²) in [6.07, 6.45) is 0. The van der Waals surface area contributed by atoms with Gasteiger partial charge in [0.05, 0.1) is 12.3 Å². The lowest BCUT2D eigenvalue weighted by molar-refractivity contribution is -0.149. The SMILES string of the molecule is CCOc1ccc(OCC(=O)OCC(=O)Nc2cc(Cl)ccc2F)cc1. The van der Waals surface area contributed by atoms with E-state index in [4.69, 9.17) is 25.8 Å². The third-order valence-corrected chi connectivity index (χ3v) is 3.29. The number of nitrogens with one attached hydrogen (secondary N) is 1. The second-order valence-electron chi connectivity index (χ2n) is 5.03. The van der Waals surface area contributed by atoms with Gasteiger partial charge in [-0.2, -0.15) is 0 Å². The van der Waals surface area contributed by atoms with E-state index in [1.54, 1.807) is 24.3 Å². The number of amides is 1. The molecule has 2 rings (SSSR count). The Balaban J connectivity index is 1.74. The summed E-state index contributed by atoms with van der Waals surface area (Å²) in [5, 5.41) is 2.53. The van der Waals surface area contributed by atoms with Gasteiger partial charge in [0.15, 0.2) is 13.2 Å². The Labute approximate surface area is 154 Å². The average Bonchev–Trinajstić information content (AvgIpc) is 2.63. The number of benzene rings is 2. The molecular weight excluding hydrogens is 365 g/mol. The van der Waals surface area contributed by atoms with Crippen molar-refractivity contribution in [1.82, 2.24) is 0 Å². The van der Waals surface area contributed by atoms with Gasteiger partial charge < -0.3 is 19.5 Å². The first-order valence-corrected chi connectivity index (χ1v) is 8.12. The smallest absolute Gasteiger partial charge is 0.344 e. The van der Waals surface area contributed by atoms with Gasteiger partial charge in [-0.15, -0.1) is 0 Å². The van der Waals surface area contributed by atoms with Gasteiger partial charge in [-0.1, -0.05) is 11.6 Å². The summed E-state index contributed by atoms with van der Waals surface area (Å²) < 4.78 is 28.8. The van der Waals surface area contributed by atoms with Crippen molar-refractivity contribution in [1.29, 1.82) is 0 Å². The Hall–Kier alpha value is -2.80. The number of hydrogen-bond donors (Lipinski definition) is 1. The first kappa shape index (κ1) is 19.5. The minimum Gasteiger partial charge on any atom is -0.494 e. The van der Waals surface area contributed by atoms with Gasteiger partial charge in [-0.05, 0) is 49.4 Å². The first-order valence-electron chi connectivity index (χ1n) is 7.74. The van der Waals surface area contributed by atoms with Crippen molar-refractivity contribution >= 4 is 29.2 Å². The van der Waals surface area contributed by atoms with Gasteiger partial charge in [0, 0.05) is 5.02 Å². The molecule has 2 aromatic rings. The molecular formula is C18H17ClFNO5. The number of ether oxygens (including phenoxy) is 3. The molecule has 1 N–H and O–H groups in total. The lowest BCUT2D eigenvalue weighted by Crippen LogP contribution is -2.24. The lowest BCUT2D eigenvalue weighted by atomic mass is 10.3. The normalized spacial score (nSPS) is 10.1. The predicted octanol–water partition coefficient (Wildman–Crippen LogP) is 3.44. The van der Waals surface area contributed by atoms with E-state index in [9.17, 15) is 14.0 Å². The minimum absolute atomic E-state index is 0.0933. The van der Waals surface area contributed by atoms with E-state index >= 15 is 0 Å². The second kappa shape index (κ2) is 9.62. The molecule has 2 aromatic carbocycles. The van der Waals surface area contributed by atoms with Gasteiger partial charge in [-0.25, -0.2) is 9.18 Å². The zero-order valence-corrected chi connectivity index (χ0v) is 14.7. The molecule has 1 amide bonds. The maximum Gasteiger partial charge on any atom is 0.344 e. The summed E-state index contributed by atoms with van der Waals surface area (Å²) in [5.41, 5.74) is -0.0933. The van der Waals surface area contributed by atoms with E-state index in [-0.39, 0.29) is 17.3 Å². The van der Waals surface area contributed by atoms with Crippen molar-refractivity contribution < 1.29 is 28.2 Å². The van der Waals surface area contributed by atoms with Gasteiger partial charge in [-0.3, -0.25) is 4.79 Å². The number of carbonyl (C=O) groups excluding carboxylic acids is 2. The summed E-state index contributed by atoms with van der Waals surface area (Å²) >= 11 is 5.73. The molecule has 0 aliphatic heterocycles. The second-order valence-corrected chi connectivity index (χ2v) is 5.46. The fourth-order valence-corrected chi connectivity index (χ4v) is 2.08. The lowest BCUT2D eigenvalue weighted by Gasteiger charge is -2.09. The zero-order chi connectivity index (χ0) is 18.9. The summed E-state index contributed by atoms with van der Waals surface area (Å²) in [6, 6.07) is 10.4.